The minimum Gasteiger partial charge on any atom is -0.465 e. The number of benzene rings is 1. The summed E-state index contributed by atoms with van der Waals surface area (Å²) in [5.74, 6) is 0.225. The van der Waals surface area contributed by atoms with Gasteiger partial charge in [0.15, 0.2) is 0 Å². The van der Waals surface area contributed by atoms with E-state index in [1.165, 1.54) is 11.3 Å². The van der Waals surface area contributed by atoms with E-state index in [-0.39, 0.29) is 66.7 Å². The fraction of sp³-hybridized carbons (Fsp3) is 0.524. The first-order chi connectivity index (χ1) is 12.1. The van der Waals surface area contributed by atoms with E-state index >= 15 is 0 Å². The van der Waals surface area contributed by atoms with Gasteiger partial charge < -0.3 is 21.1 Å². The molecule has 1 aromatic carbocycles. The maximum Gasteiger partial charge on any atom is 0.310 e. The zero-order chi connectivity index (χ0) is 18.7. The summed E-state index contributed by atoms with van der Waals surface area (Å²) in [5, 5.41) is 3.17. The average molecular weight is 568 g/mol. The number of hydrogen-bond acceptors (Lipinski definition) is 5. The molecule has 0 radical (unpaired) electrons. The van der Waals surface area contributed by atoms with E-state index < -0.39 is 0 Å². The summed E-state index contributed by atoms with van der Waals surface area (Å²) >= 11 is 3.11. The van der Waals surface area contributed by atoms with Gasteiger partial charge >= 0.3 is 5.97 Å². The van der Waals surface area contributed by atoms with Crippen LogP contribution in [0, 0.1) is 65.1 Å². The van der Waals surface area contributed by atoms with Gasteiger partial charge in [0.2, 0.25) is 0 Å². The Bertz CT molecular complexity index is 710. The predicted octanol–water partition coefficient (Wildman–Crippen LogP) is 6.33. The molecule has 1 unspecified atom stereocenters. The Hall–Kier alpha value is 0.0595. The monoisotopic (exact) mass is 568 g/mol. The number of rotatable bonds is 7. The minimum absolute atomic E-state index is 0. The molecule has 0 N–H and O–H groups in total. The number of aryl methyl sites for hydroxylation is 1. The third-order valence-electron chi connectivity index (χ3n) is 3.37. The number of hydrogen-bond donors (Lipinski definition) is 0. The maximum absolute atomic E-state index is 12.1. The number of para-hydroxylation sites is 1. The summed E-state index contributed by atoms with van der Waals surface area (Å²) in [4.78, 5) is 17.8. The predicted molar refractivity (Wildman–Crippen MR) is 114 cm³/mol. The van der Waals surface area contributed by atoms with Crippen LogP contribution in [0.25, 0.3) is 0 Å². The molecule has 160 valence electrons. The number of carbonyl (C=O) groups is 1. The number of ether oxygens (including phenoxy) is 1. The van der Waals surface area contributed by atoms with Crippen molar-refractivity contribution in [2.45, 2.75) is 61.3 Å². The van der Waals surface area contributed by atoms with Gasteiger partial charge in [0, 0.05) is 56.6 Å². The topological polar surface area (TPSA) is 38.7 Å². The average Bonchev–Trinajstić information content (AvgIpc) is 3.02. The van der Waals surface area contributed by atoms with E-state index in [1.807, 2.05) is 45.0 Å². The fourth-order valence-corrected chi connectivity index (χ4v) is 3.96. The Kier molecular flexibility index (Phi) is 18.4. The molecule has 0 bridgehead atoms. The molecule has 0 aliphatic rings. The second-order valence-corrected chi connectivity index (χ2v) is 7.88. The molecule has 1 heterocycles. The first kappa shape index (κ1) is 29.3. The van der Waals surface area contributed by atoms with Crippen molar-refractivity contribution >= 4 is 34.3 Å². The Morgan fingerprint density at radius 2 is 1.96 bits per heavy atom. The van der Waals surface area contributed by atoms with Gasteiger partial charge in [-0.25, -0.2) is 11.3 Å². The molecule has 0 saturated carbocycles. The fourth-order valence-electron chi connectivity index (χ4n) is 2.22. The zero-order valence-corrected chi connectivity index (χ0v) is 19.4. The first-order valence-electron chi connectivity index (χ1n) is 8.85. The van der Waals surface area contributed by atoms with Gasteiger partial charge in [-0.3, -0.25) is 4.79 Å². The zero-order valence-electron chi connectivity index (χ0n) is 16.1. The molecule has 2 rings (SSSR count). The van der Waals surface area contributed by atoms with Gasteiger partial charge in [-0.05, 0) is 30.9 Å². The second-order valence-electron chi connectivity index (χ2n) is 5.62. The molecule has 3 nitrogen and oxygen atoms in total. The standard InChI is InChI=1S/C18H22NO2S2.C2H6.CH4.Yb/c1-4-7-13(2)11-21-17(20)10-15-8-5-6-9-16(15)19-18-22-12-14(3)23-18;1-2;;/h5-6,8-9,13H,4,7,10-11H2,1-3H3;1-2H3;1H4;/q-1;;;. The molecule has 6 heteroatoms. The number of nitrogens with zero attached hydrogens (tertiary/aromatic N) is 1. The largest absolute Gasteiger partial charge is 0.465 e. The third kappa shape index (κ3) is 11.6. The van der Waals surface area contributed by atoms with Gasteiger partial charge in [0.1, 0.15) is 0 Å². The summed E-state index contributed by atoms with van der Waals surface area (Å²) < 4.78 is 6.33. The quantitative estimate of drug-likeness (QED) is 0.290. The minimum atomic E-state index is -0.187. The molecule has 1 atom stereocenters. The number of carbonyl (C=O) groups excluding carboxylic acids is 1. The molecule has 0 aliphatic carbocycles. The summed E-state index contributed by atoms with van der Waals surface area (Å²) in [6.45, 7) is 10.8. The molecular weight excluding hydrogens is 535 g/mol. The smallest absolute Gasteiger partial charge is 0.310 e. The SMILES string of the molecule is C.CC.CCCC(C)COC(=O)Cc1ccccc1N=c1s[c-]c(C)s1.[Yb]. The van der Waals surface area contributed by atoms with E-state index in [2.05, 4.69) is 24.2 Å². The van der Waals surface area contributed by atoms with Crippen molar-refractivity contribution in [2.24, 2.45) is 10.9 Å². The normalized spacial score (nSPS) is 11.4. The van der Waals surface area contributed by atoms with Gasteiger partial charge in [0.05, 0.1) is 13.0 Å². The Balaban J connectivity index is 0. The first-order valence-corrected chi connectivity index (χ1v) is 10.5. The Morgan fingerprint density at radius 1 is 1.30 bits per heavy atom. The van der Waals surface area contributed by atoms with Crippen molar-refractivity contribution in [2.75, 3.05) is 6.61 Å². The molecule has 0 spiro atoms. The third-order valence-corrected chi connectivity index (χ3v) is 5.35. The van der Waals surface area contributed by atoms with Gasteiger partial charge in [-0.15, -0.1) is 0 Å². The molecule has 0 aliphatic heterocycles. The van der Waals surface area contributed by atoms with Crippen LogP contribution in [-0.4, -0.2) is 12.6 Å². The summed E-state index contributed by atoms with van der Waals surface area (Å²) in [6.07, 6.45) is 2.45. The van der Waals surface area contributed by atoms with Crippen LogP contribution in [0.4, 0.5) is 5.69 Å². The van der Waals surface area contributed by atoms with Crippen molar-refractivity contribution in [1.29, 1.82) is 0 Å². The molecule has 27 heavy (non-hydrogen) atoms. The maximum atomic E-state index is 12.1. The second kappa shape index (κ2) is 17.0. The van der Waals surface area contributed by atoms with Crippen LogP contribution in [-0.2, 0) is 16.0 Å². The van der Waals surface area contributed by atoms with Crippen molar-refractivity contribution in [3.63, 3.8) is 0 Å². The van der Waals surface area contributed by atoms with E-state index in [0.717, 1.165) is 33.0 Å². The van der Waals surface area contributed by atoms with Gasteiger partial charge in [-0.2, -0.15) is 5.38 Å². The van der Waals surface area contributed by atoms with Crippen molar-refractivity contribution in [3.8, 4) is 0 Å². The molecule has 0 saturated heterocycles. The Labute approximate surface area is 211 Å². The molecule has 0 amide bonds. The summed E-state index contributed by atoms with van der Waals surface area (Å²) in [5.41, 5.74) is 1.73. The van der Waals surface area contributed by atoms with Gasteiger partial charge in [-0.1, -0.05) is 64.6 Å². The van der Waals surface area contributed by atoms with Crippen molar-refractivity contribution in [3.05, 3.63) is 44.1 Å². The van der Waals surface area contributed by atoms with Gasteiger partial charge in [0.25, 0.3) is 0 Å². The molecule has 2 aromatic rings. The van der Waals surface area contributed by atoms with Crippen molar-refractivity contribution < 1.29 is 56.5 Å². The van der Waals surface area contributed by atoms with Crippen LogP contribution in [0.15, 0.2) is 29.3 Å². The van der Waals surface area contributed by atoms with Crippen LogP contribution in [0.1, 0.15) is 58.4 Å². The van der Waals surface area contributed by atoms with E-state index in [9.17, 15) is 4.79 Å². The van der Waals surface area contributed by atoms with E-state index in [4.69, 9.17) is 4.74 Å². The summed E-state index contributed by atoms with van der Waals surface area (Å²) in [7, 11) is 0. The van der Waals surface area contributed by atoms with Crippen LogP contribution >= 0.6 is 22.7 Å². The van der Waals surface area contributed by atoms with Crippen LogP contribution < -0.4 is 3.98 Å². The van der Waals surface area contributed by atoms with E-state index in [1.54, 1.807) is 11.3 Å². The molecule has 1 aromatic heterocycles. The number of esters is 1. The van der Waals surface area contributed by atoms with Crippen LogP contribution in [0.2, 0.25) is 0 Å². The molecular formula is C21H32NO2S2Yb-. The van der Waals surface area contributed by atoms with Crippen molar-refractivity contribution in [1.82, 2.24) is 0 Å². The van der Waals surface area contributed by atoms with Crippen LogP contribution in [0.5, 0.6) is 0 Å². The Morgan fingerprint density at radius 3 is 2.56 bits per heavy atom. The van der Waals surface area contributed by atoms with Crippen LogP contribution in [0.3, 0.4) is 0 Å². The summed E-state index contributed by atoms with van der Waals surface area (Å²) in [6, 6.07) is 7.73. The van der Waals surface area contributed by atoms with E-state index in [0.29, 0.717) is 12.5 Å². The molecule has 0 fully saturated rings.